The zero-order chi connectivity index (χ0) is 11.4. The van der Waals surface area contributed by atoms with E-state index in [2.05, 4.69) is 37.4 Å². The van der Waals surface area contributed by atoms with Crippen molar-refractivity contribution in [2.45, 2.75) is 31.5 Å². The molecule has 0 amide bonds. The number of hydrogen-bond acceptors (Lipinski definition) is 1. The van der Waals surface area contributed by atoms with Gasteiger partial charge in [0.25, 0.3) is 0 Å². The summed E-state index contributed by atoms with van der Waals surface area (Å²) in [5.74, 6) is 0. The minimum Gasteiger partial charge on any atom is -0.369 e. The Bertz CT molecular complexity index is 366. The van der Waals surface area contributed by atoms with E-state index in [-0.39, 0.29) is 12.2 Å². The van der Waals surface area contributed by atoms with Crippen molar-refractivity contribution in [3.05, 3.63) is 60.7 Å². The van der Waals surface area contributed by atoms with E-state index in [1.54, 1.807) is 0 Å². The monoisotopic (exact) mass is 214 g/mol. The van der Waals surface area contributed by atoms with Crippen LogP contribution in [0.1, 0.15) is 30.9 Å². The molecule has 1 aromatic rings. The smallest absolute Gasteiger partial charge is 0.0865 e. The second kappa shape index (κ2) is 5.13. The van der Waals surface area contributed by atoms with Gasteiger partial charge in [-0.05, 0) is 24.8 Å². The van der Waals surface area contributed by atoms with Crippen LogP contribution in [0, 0.1) is 0 Å². The van der Waals surface area contributed by atoms with Gasteiger partial charge in [-0.25, -0.2) is 0 Å². The molecular formula is C15H18O. The third-order valence-electron chi connectivity index (χ3n) is 2.95. The lowest BCUT2D eigenvalue weighted by Gasteiger charge is -2.31. The molecule has 2 atom stereocenters. The molecule has 1 heteroatoms. The largest absolute Gasteiger partial charge is 0.369 e. The molecule has 0 spiro atoms. The van der Waals surface area contributed by atoms with Crippen LogP contribution >= 0.6 is 0 Å². The normalized spacial score (nSPS) is 25.4. The Labute approximate surface area is 97.4 Å². The summed E-state index contributed by atoms with van der Waals surface area (Å²) in [6.07, 6.45) is 5.16. The summed E-state index contributed by atoms with van der Waals surface area (Å²) in [7, 11) is 0. The average Bonchev–Trinajstić information content (AvgIpc) is 2.30. The highest BCUT2D eigenvalue weighted by Crippen LogP contribution is 2.34. The number of hydrogen-bond donors (Lipinski definition) is 0. The van der Waals surface area contributed by atoms with E-state index in [0.717, 1.165) is 19.3 Å². The Morgan fingerprint density at radius 2 is 2.00 bits per heavy atom. The zero-order valence-corrected chi connectivity index (χ0v) is 9.56. The highest BCUT2D eigenvalue weighted by atomic mass is 16.5. The Hall–Kier alpha value is -1.34. The Morgan fingerprint density at radius 3 is 2.69 bits per heavy atom. The van der Waals surface area contributed by atoms with Gasteiger partial charge < -0.3 is 4.74 Å². The van der Waals surface area contributed by atoms with Crippen molar-refractivity contribution in [2.24, 2.45) is 0 Å². The molecule has 1 aliphatic rings. The first-order valence-corrected chi connectivity index (χ1v) is 5.77. The molecular weight excluding hydrogens is 196 g/mol. The first-order chi connectivity index (χ1) is 7.79. The molecule has 0 aromatic heterocycles. The molecule has 1 fully saturated rings. The predicted octanol–water partition coefficient (Wildman–Crippen LogP) is 4.04. The standard InChI is InChI=1S/C15H18O/c1-3-7-14-10-12(2)11-15(16-14)13-8-5-4-6-9-13/h3-6,8-9,14-15H,1-2,7,10-11H2/t14-,15+/m1/s1. The highest BCUT2D eigenvalue weighted by molar-refractivity contribution is 5.21. The van der Waals surface area contributed by atoms with Crippen LogP contribution in [-0.4, -0.2) is 6.10 Å². The number of ether oxygens (including phenoxy) is 1. The molecule has 0 bridgehead atoms. The van der Waals surface area contributed by atoms with Gasteiger partial charge in [0.1, 0.15) is 0 Å². The van der Waals surface area contributed by atoms with Crippen LogP contribution in [0.25, 0.3) is 0 Å². The van der Waals surface area contributed by atoms with E-state index in [1.165, 1.54) is 11.1 Å². The molecule has 0 aliphatic carbocycles. The van der Waals surface area contributed by atoms with E-state index in [1.807, 2.05) is 12.1 Å². The van der Waals surface area contributed by atoms with Gasteiger partial charge in [-0.15, -0.1) is 6.58 Å². The van der Waals surface area contributed by atoms with Gasteiger partial charge in [-0.1, -0.05) is 48.6 Å². The fraction of sp³-hybridized carbons (Fsp3) is 0.333. The third kappa shape index (κ3) is 2.61. The van der Waals surface area contributed by atoms with Crippen molar-refractivity contribution >= 4 is 0 Å². The molecule has 1 nitrogen and oxygen atoms in total. The lowest BCUT2D eigenvalue weighted by Crippen LogP contribution is -2.23. The summed E-state index contributed by atoms with van der Waals surface area (Å²) in [6, 6.07) is 10.4. The summed E-state index contributed by atoms with van der Waals surface area (Å²) < 4.78 is 6.05. The lowest BCUT2D eigenvalue weighted by molar-refractivity contribution is -0.0306. The van der Waals surface area contributed by atoms with Gasteiger partial charge >= 0.3 is 0 Å². The van der Waals surface area contributed by atoms with E-state index >= 15 is 0 Å². The van der Waals surface area contributed by atoms with Crippen molar-refractivity contribution in [3.63, 3.8) is 0 Å². The van der Waals surface area contributed by atoms with E-state index in [4.69, 9.17) is 4.74 Å². The Balaban J connectivity index is 2.10. The van der Waals surface area contributed by atoms with Crippen LogP contribution < -0.4 is 0 Å². The molecule has 1 aromatic carbocycles. The molecule has 1 saturated heterocycles. The maximum atomic E-state index is 6.05. The van der Waals surface area contributed by atoms with Crippen LogP contribution in [0.2, 0.25) is 0 Å². The summed E-state index contributed by atoms with van der Waals surface area (Å²) >= 11 is 0. The van der Waals surface area contributed by atoms with Gasteiger partial charge in [-0.2, -0.15) is 0 Å². The predicted molar refractivity (Wildman–Crippen MR) is 67.2 cm³/mol. The maximum absolute atomic E-state index is 6.05. The molecule has 0 unspecified atom stereocenters. The van der Waals surface area contributed by atoms with Gasteiger partial charge in [0.05, 0.1) is 12.2 Å². The number of benzene rings is 1. The van der Waals surface area contributed by atoms with E-state index in [0.29, 0.717) is 0 Å². The topological polar surface area (TPSA) is 9.23 Å². The maximum Gasteiger partial charge on any atom is 0.0865 e. The second-order valence-corrected chi connectivity index (χ2v) is 4.34. The zero-order valence-electron chi connectivity index (χ0n) is 9.56. The van der Waals surface area contributed by atoms with Crippen molar-refractivity contribution in [3.8, 4) is 0 Å². The lowest BCUT2D eigenvalue weighted by atomic mass is 9.94. The van der Waals surface area contributed by atoms with Crippen LogP contribution in [0.3, 0.4) is 0 Å². The van der Waals surface area contributed by atoms with Crippen molar-refractivity contribution in [1.82, 2.24) is 0 Å². The van der Waals surface area contributed by atoms with Crippen LogP contribution in [0.5, 0.6) is 0 Å². The molecule has 1 heterocycles. The minimum absolute atomic E-state index is 0.174. The Kier molecular flexibility index (Phi) is 3.58. The quantitative estimate of drug-likeness (QED) is 0.690. The fourth-order valence-electron chi connectivity index (χ4n) is 2.18. The van der Waals surface area contributed by atoms with Crippen LogP contribution in [0.15, 0.2) is 55.1 Å². The van der Waals surface area contributed by atoms with Crippen LogP contribution in [-0.2, 0) is 4.74 Å². The van der Waals surface area contributed by atoms with Crippen molar-refractivity contribution in [1.29, 1.82) is 0 Å². The van der Waals surface area contributed by atoms with Crippen molar-refractivity contribution in [2.75, 3.05) is 0 Å². The third-order valence-corrected chi connectivity index (χ3v) is 2.95. The number of rotatable bonds is 3. The van der Waals surface area contributed by atoms with Gasteiger partial charge in [-0.3, -0.25) is 0 Å². The fourth-order valence-corrected chi connectivity index (χ4v) is 2.18. The summed E-state index contributed by atoms with van der Waals surface area (Å²) in [5, 5.41) is 0. The molecule has 84 valence electrons. The summed E-state index contributed by atoms with van der Waals surface area (Å²) in [5.41, 5.74) is 2.53. The molecule has 0 saturated carbocycles. The van der Waals surface area contributed by atoms with Gasteiger partial charge in [0.2, 0.25) is 0 Å². The van der Waals surface area contributed by atoms with E-state index < -0.39 is 0 Å². The molecule has 2 rings (SSSR count). The second-order valence-electron chi connectivity index (χ2n) is 4.34. The Morgan fingerprint density at radius 1 is 1.25 bits per heavy atom. The molecule has 0 radical (unpaired) electrons. The van der Waals surface area contributed by atoms with Gasteiger partial charge in [0.15, 0.2) is 0 Å². The van der Waals surface area contributed by atoms with Crippen molar-refractivity contribution < 1.29 is 4.74 Å². The first-order valence-electron chi connectivity index (χ1n) is 5.77. The SMILES string of the molecule is C=CC[C@@H]1CC(=C)C[C@@H](c2ccccc2)O1. The summed E-state index contributed by atoms with van der Waals surface area (Å²) in [4.78, 5) is 0. The average molecular weight is 214 g/mol. The van der Waals surface area contributed by atoms with Gasteiger partial charge in [0, 0.05) is 0 Å². The van der Waals surface area contributed by atoms with E-state index in [9.17, 15) is 0 Å². The first kappa shape index (κ1) is 11.2. The summed E-state index contributed by atoms with van der Waals surface area (Å²) in [6.45, 7) is 7.88. The molecule has 16 heavy (non-hydrogen) atoms. The molecule has 0 N–H and O–H groups in total. The van der Waals surface area contributed by atoms with Crippen LogP contribution in [0.4, 0.5) is 0 Å². The highest BCUT2D eigenvalue weighted by Gasteiger charge is 2.24. The minimum atomic E-state index is 0.174. The molecule has 1 aliphatic heterocycles.